The number of amides is 1. The van der Waals surface area contributed by atoms with Gasteiger partial charge in [-0.05, 0) is 30.7 Å². The Kier molecular flexibility index (Phi) is 4.83. The maximum Gasteiger partial charge on any atom is 0.244 e. The lowest BCUT2D eigenvalue weighted by Gasteiger charge is -2.26. The normalized spacial score (nSPS) is 28.1. The summed E-state index contributed by atoms with van der Waals surface area (Å²) in [6.45, 7) is 7.56. The average Bonchev–Trinajstić information content (AvgIpc) is 3.02. The third-order valence-electron chi connectivity index (χ3n) is 3.98. The Morgan fingerprint density at radius 1 is 1.60 bits per heavy atom. The van der Waals surface area contributed by atoms with Crippen LogP contribution in [0.4, 0.5) is 0 Å². The van der Waals surface area contributed by atoms with Crippen molar-refractivity contribution >= 4 is 17.2 Å². The van der Waals surface area contributed by atoms with E-state index in [0.717, 1.165) is 13.0 Å². The van der Waals surface area contributed by atoms with E-state index in [0.29, 0.717) is 12.5 Å². The van der Waals surface area contributed by atoms with Gasteiger partial charge >= 0.3 is 0 Å². The lowest BCUT2D eigenvalue weighted by Crippen LogP contribution is -2.43. The van der Waals surface area contributed by atoms with Crippen molar-refractivity contribution in [2.45, 2.75) is 38.9 Å². The molecule has 112 valence electrons. The minimum atomic E-state index is -0.457. The SMILES string of the molecule is CCC1(C)NC(c2cccs2)N(CC(C)COC)C1=O. The van der Waals surface area contributed by atoms with Crippen molar-refractivity contribution in [2.75, 3.05) is 20.3 Å². The van der Waals surface area contributed by atoms with E-state index in [-0.39, 0.29) is 12.1 Å². The van der Waals surface area contributed by atoms with Crippen molar-refractivity contribution in [3.8, 4) is 0 Å². The van der Waals surface area contributed by atoms with Crippen LogP contribution >= 0.6 is 11.3 Å². The third kappa shape index (κ3) is 2.90. The van der Waals surface area contributed by atoms with Crippen LogP contribution in [0.15, 0.2) is 17.5 Å². The van der Waals surface area contributed by atoms with Crippen LogP contribution < -0.4 is 5.32 Å². The third-order valence-corrected chi connectivity index (χ3v) is 4.90. The fourth-order valence-corrected chi connectivity index (χ4v) is 3.45. The van der Waals surface area contributed by atoms with Gasteiger partial charge in [0.2, 0.25) is 5.91 Å². The number of carbonyl (C=O) groups is 1. The van der Waals surface area contributed by atoms with Crippen LogP contribution in [0, 0.1) is 5.92 Å². The Morgan fingerprint density at radius 2 is 2.35 bits per heavy atom. The van der Waals surface area contributed by atoms with E-state index in [1.807, 2.05) is 17.9 Å². The first kappa shape index (κ1) is 15.5. The summed E-state index contributed by atoms with van der Waals surface area (Å²) in [5.41, 5.74) is -0.457. The van der Waals surface area contributed by atoms with E-state index in [1.54, 1.807) is 18.4 Å². The van der Waals surface area contributed by atoms with Crippen molar-refractivity contribution in [1.29, 1.82) is 0 Å². The Labute approximate surface area is 125 Å². The minimum Gasteiger partial charge on any atom is -0.384 e. The van der Waals surface area contributed by atoms with Crippen molar-refractivity contribution in [3.63, 3.8) is 0 Å². The lowest BCUT2D eigenvalue weighted by molar-refractivity contribution is -0.133. The summed E-state index contributed by atoms with van der Waals surface area (Å²) in [7, 11) is 1.70. The van der Waals surface area contributed by atoms with Gasteiger partial charge in [0.25, 0.3) is 0 Å². The van der Waals surface area contributed by atoms with Gasteiger partial charge in [0, 0.05) is 18.5 Å². The second-order valence-electron chi connectivity index (χ2n) is 5.77. The number of nitrogens with one attached hydrogen (secondary N) is 1. The van der Waals surface area contributed by atoms with Crippen molar-refractivity contribution < 1.29 is 9.53 Å². The summed E-state index contributed by atoms with van der Waals surface area (Å²) in [5, 5.41) is 5.57. The molecule has 2 heterocycles. The highest BCUT2D eigenvalue weighted by molar-refractivity contribution is 7.10. The molecule has 1 amide bonds. The molecule has 0 aromatic carbocycles. The fourth-order valence-electron chi connectivity index (χ4n) is 2.66. The monoisotopic (exact) mass is 296 g/mol. The molecule has 2 rings (SSSR count). The Hall–Kier alpha value is -0.910. The number of thiophene rings is 1. The first-order chi connectivity index (χ1) is 9.51. The van der Waals surface area contributed by atoms with Gasteiger partial charge in [-0.15, -0.1) is 11.3 Å². The van der Waals surface area contributed by atoms with Crippen LogP contribution in [0.2, 0.25) is 0 Å². The van der Waals surface area contributed by atoms with E-state index in [1.165, 1.54) is 4.88 Å². The lowest BCUT2D eigenvalue weighted by atomic mass is 9.99. The maximum atomic E-state index is 12.7. The van der Waals surface area contributed by atoms with Crippen LogP contribution in [-0.4, -0.2) is 36.6 Å². The molecule has 1 aromatic heterocycles. The second-order valence-corrected chi connectivity index (χ2v) is 6.75. The molecule has 0 aliphatic carbocycles. The van der Waals surface area contributed by atoms with E-state index in [9.17, 15) is 4.79 Å². The van der Waals surface area contributed by atoms with Crippen LogP contribution in [0.5, 0.6) is 0 Å². The quantitative estimate of drug-likeness (QED) is 0.877. The van der Waals surface area contributed by atoms with E-state index in [4.69, 9.17) is 4.74 Å². The first-order valence-electron chi connectivity index (χ1n) is 7.13. The summed E-state index contributed by atoms with van der Waals surface area (Å²) in [6, 6.07) is 4.12. The van der Waals surface area contributed by atoms with E-state index in [2.05, 4.69) is 30.6 Å². The van der Waals surface area contributed by atoms with Gasteiger partial charge in [0.1, 0.15) is 6.17 Å². The van der Waals surface area contributed by atoms with Gasteiger partial charge in [0.05, 0.1) is 12.1 Å². The zero-order valence-corrected chi connectivity index (χ0v) is 13.5. The molecule has 1 aromatic rings. The van der Waals surface area contributed by atoms with Gasteiger partial charge in [-0.1, -0.05) is 19.9 Å². The highest BCUT2D eigenvalue weighted by Crippen LogP contribution is 2.34. The van der Waals surface area contributed by atoms with Gasteiger partial charge in [-0.3, -0.25) is 10.1 Å². The van der Waals surface area contributed by atoms with Gasteiger partial charge in [-0.25, -0.2) is 0 Å². The predicted molar refractivity (Wildman–Crippen MR) is 81.6 cm³/mol. The summed E-state index contributed by atoms with van der Waals surface area (Å²) < 4.78 is 5.20. The molecule has 1 aliphatic heterocycles. The zero-order chi connectivity index (χ0) is 14.8. The molecule has 1 N–H and O–H groups in total. The molecule has 0 bridgehead atoms. The molecule has 4 nitrogen and oxygen atoms in total. The van der Waals surface area contributed by atoms with Crippen LogP contribution in [-0.2, 0) is 9.53 Å². The maximum absolute atomic E-state index is 12.7. The number of rotatable bonds is 6. The number of carbonyl (C=O) groups excluding carboxylic acids is 1. The Bertz CT molecular complexity index is 449. The first-order valence-corrected chi connectivity index (χ1v) is 8.01. The summed E-state index contributed by atoms with van der Waals surface area (Å²) in [6.07, 6.45) is 0.787. The molecular formula is C15H24N2O2S. The number of hydrogen-bond donors (Lipinski definition) is 1. The summed E-state index contributed by atoms with van der Waals surface area (Å²) in [4.78, 5) is 15.9. The van der Waals surface area contributed by atoms with E-state index < -0.39 is 5.54 Å². The molecule has 0 radical (unpaired) electrons. The molecule has 0 saturated carbocycles. The fraction of sp³-hybridized carbons (Fsp3) is 0.667. The molecule has 1 saturated heterocycles. The van der Waals surface area contributed by atoms with Crippen LogP contribution in [0.25, 0.3) is 0 Å². The molecule has 1 fully saturated rings. The minimum absolute atomic E-state index is 0.00763. The molecule has 5 heteroatoms. The Balaban J connectivity index is 2.22. The van der Waals surface area contributed by atoms with Crippen LogP contribution in [0.3, 0.4) is 0 Å². The van der Waals surface area contributed by atoms with Crippen molar-refractivity contribution in [1.82, 2.24) is 10.2 Å². The van der Waals surface area contributed by atoms with Crippen LogP contribution in [0.1, 0.15) is 38.2 Å². The van der Waals surface area contributed by atoms with Gasteiger partial charge in [-0.2, -0.15) is 0 Å². The largest absolute Gasteiger partial charge is 0.384 e. The predicted octanol–water partition coefficient (Wildman–Crippen LogP) is 2.63. The molecule has 3 atom stereocenters. The smallest absolute Gasteiger partial charge is 0.244 e. The van der Waals surface area contributed by atoms with Crippen molar-refractivity contribution in [2.24, 2.45) is 5.92 Å². The molecule has 1 aliphatic rings. The standard InChI is InChI=1S/C15H24N2O2S/c1-5-15(3)14(18)17(9-11(2)10-19-4)13(16-15)12-7-6-8-20-12/h6-8,11,13,16H,5,9-10H2,1-4H3. The molecular weight excluding hydrogens is 272 g/mol. The molecule has 20 heavy (non-hydrogen) atoms. The molecule has 3 unspecified atom stereocenters. The Morgan fingerprint density at radius 3 is 2.90 bits per heavy atom. The van der Waals surface area contributed by atoms with Crippen molar-refractivity contribution in [3.05, 3.63) is 22.4 Å². The summed E-state index contributed by atoms with van der Waals surface area (Å²) in [5.74, 6) is 0.522. The number of methoxy groups -OCH3 is 1. The van der Waals surface area contributed by atoms with Gasteiger partial charge in [0.15, 0.2) is 0 Å². The second kappa shape index (κ2) is 6.24. The molecule has 0 spiro atoms. The number of nitrogens with zero attached hydrogens (tertiary/aromatic N) is 1. The highest BCUT2D eigenvalue weighted by Gasteiger charge is 2.47. The number of ether oxygens (including phenoxy) is 1. The number of hydrogen-bond acceptors (Lipinski definition) is 4. The topological polar surface area (TPSA) is 41.6 Å². The summed E-state index contributed by atoms with van der Waals surface area (Å²) >= 11 is 1.69. The van der Waals surface area contributed by atoms with Gasteiger partial charge < -0.3 is 9.64 Å². The highest BCUT2D eigenvalue weighted by atomic mass is 32.1. The average molecular weight is 296 g/mol. The van der Waals surface area contributed by atoms with E-state index >= 15 is 0 Å². The zero-order valence-electron chi connectivity index (χ0n) is 12.7.